The van der Waals surface area contributed by atoms with Gasteiger partial charge >= 0.3 is 0 Å². The van der Waals surface area contributed by atoms with Crippen molar-refractivity contribution >= 4 is 22.8 Å². The van der Waals surface area contributed by atoms with Gasteiger partial charge in [0.25, 0.3) is 0 Å². The first-order valence-corrected chi connectivity index (χ1v) is 5.80. The molecule has 0 aliphatic carbocycles. The van der Waals surface area contributed by atoms with E-state index in [2.05, 4.69) is 5.32 Å². The molecule has 0 aliphatic rings. The SMILES string of the molecule is CC(=O)c1cccc(Nc2cc(C)ccc2N)c1. The van der Waals surface area contributed by atoms with Crippen molar-refractivity contribution in [3.8, 4) is 0 Å². The summed E-state index contributed by atoms with van der Waals surface area (Å²) < 4.78 is 0. The van der Waals surface area contributed by atoms with Crippen LogP contribution in [0.5, 0.6) is 0 Å². The molecule has 2 aromatic rings. The van der Waals surface area contributed by atoms with Gasteiger partial charge in [-0.2, -0.15) is 0 Å². The minimum Gasteiger partial charge on any atom is -0.397 e. The Hall–Kier alpha value is -2.29. The maximum absolute atomic E-state index is 11.3. The summed E-state index contributed by atoms with van der Waals surface area (Å²) in [4.78, 5) is 11.3. The summed E-state index contributed by atoms with van der Waals surface area (Å²) in [5, 5.41) is 3.23. The number of anilines is 3. The minimum absolute atomic E-state index is 0.0517. The lowest BCUT2D eigenvalue weighted by molar-refractivity contribution is 0.101. The molecule has 0 amide bonds. The maximum atomic E-state index is 11.3. The lowest BCUT2D eigenvalue weighted by Gasteiger charge is -2.10. The van der Waals surface area contributed by atoms with Gasteiger partial charge in [-0.3, -0.25) is 4.79 Å². The van der Waals surface area contributed by atoms with E-state index in [1.54, 1.807) is 13.0 Å². The summed E-state index contributed by atoms with van der Waals surface area (Å²) in [6.07, 6.45) is 0. The summed E-state index contributed by atoms with van der Waals surface area (Å²) in [7, 11) is 0. The zero-order chi connectivity index (χ0) is 13.1. The second kappa shape index (κ2) is 4.92. The number of rotatable bonds is 3. The first-order valence-electron chi connectivity index (χ1n) is 5.80. The van der Waals surface area contributed by atoms with Crippen LogP contribution in [0.3, 0.4) is 0 Å². The highest BCUT2D eigenvalue weighted by atomic mass is 16.1. The van der Waals surface area contributed by atoms with Gasteiger partial charge in [0.05, 0.1) is 11.4 Å². The molecule has 0 saturated carbocycles. The van der Waals surface area contributed by atoms with E-state index in [0.717, 1.165) is 16.9 Å². The number of hydrogen-bond donors (Lipinski definition) is 2. The van der Waals surface area contributed by atoms with Crippen LogP contribution in [-0.4, -0.2) is 5.78 Å². The predicted molar refractivity (Wildman–Crippen MR) is 75.3 cm³/mol. The van der Waals surface area contributed by atoms with Crippen molar-refractivity contribution in [2.24, 2.45) is 0 Å². The van der Waals surface area contributed by atoms with Crippen LogP contribution in [0.25, 0.3) is 0 Å². The molecule has 92 valence electrons. The van der Waals surface area contributed by atoms with Gasteiger partial charge in [0.2, 0.25) is 0 Å². The number of Topliss-reactive ketones (excluding diaryl/α,β-unsaturated/α-hetero) is 1. The average Bonchev–Trinajstić information content (AvgIpc) is 2.34. The molecule has 0 spiro atoms. The Morgan fingerprint density at radius 1 is 1.17 bits per heavy atom. The summed E-state index contributed by atoms with van der Waals surface area (Å²) in [6, 6.07) is 13.2. The average molecular weight is 240 g/mol. The Morgan fingerprint density at radius 3 is 2.67 bits per heavy atom. The number of benzene rings is 2. The standard InChI is InChI=1S/C15H16N2O/c1-10-6-7-14(16)15(8-10)17-13-5-3-4-12(9-13)11(2)18/h3-9,17H,16H2,1-2H3. The number of hydrogen-bond acceptors (Lipinski definition) is 3. The molecular weight excluding hydrogens is 224 g/mol. The summed E-state index contributed by atoms with van der Waals surface area (Å²) in [5.74, 6) is 0.0517. The fourth-order valence-corrected chi connectivity index (χ4v) is 1.75. The highest BCUT2D eigenvalue weighted by Gasteiger charge is 2.03. The lowest BCUT2D eigenvalue weighted by atomic mass is 10.1. The molecule has 0 heterocycles. The molecule has 0 atom stereocenters. The number of nitrogens with one attached hydrogen (secondary N) is 1. The van der Waals surface area contributed by atoms with E-state index in [1.165, 1.54) is 0 Å². The number of carbonyl (C=O) groups excluding carboxylic acids is 1. The van der Waals surface area contributed by atoms with E-state index in [9.17, 15) is 4.79 Å². The molecule has 0 fully saturated rings. The molecule has 0 radical (unpaired) electrons. The fraction of sp³-hybridized carbons (Fsp3) is 0.133. The molecule has 0 saturated heterocycles. The van der Waals surface area contributed by atoms with Crippen molar-refractivity contribution in [3.63, 3.8) is 0 Å². The lowest BCUT2D eigenvalue weighted by Crippen LogP contribution is -1.98. The van der Waals surface area contributed by atoms with Crippen molar-refractivity contribution < 1.29 is 4.79 Å². The normalized spacial score (nSPS) is 10.1. The zero-order valence-electron chi connectivity index (χ0n) is 10.5. The molecule has 3 heteroatoms. The third-order valence-corrected chi connectivity index (χ3v) is 2.76. The minimum atomic E-state index is 0.0517. The Bertz CT molecular complexity index is 591. The molecule has 18 heavy (non-hydrogen) atoms. The molecule has 2 aromatic carbocycles. The van der Waals surface area contributed by atoms with Crippen LogP contribution in [-0.2, 0) is 0 Å². The van der Waals surface area contributed by atoms with Crippen molar-refractivity contribution in [2.45, 2.75) is 13.8 Å². The van der Waals surface area contributed by atoms with Gasteiger partial charge in [-0.25, -0.2) is 0 Å². The Balaban J connectivity index is 2.31. The molecule has 0 aromatic heterocycles. The summed E-state index contributed by atoms with van der Waals surface area (Å²) >= 11 is 0. The van der Waals surface area contributed by atoms with E-state index in [1.807, 2.05) is 43.3 Å². The molecule has 0 aliphatic heterocycles. The quantitative estimate of drug-likeness (QED) is 0.637. The smallest absolute Gasteiger partial charge is 0.159 e. The van der Waals surface area contributed by atoms with Crippen LogP contribution in [0, 0.1) is 6.92 Å². The van der Waals surface area contributed by atoms with Crippen molar-refractivity contribution in [2.75, 3.05) is 11.1 Å². The van der Waals surface area contributed by atoms with Gasteiger partial charge in [0.1, 0.15) is 0 Å². The number of nitrogens with two attached hydrogens (primary N) is 1. The van der Waals surface area contributed by atoms with Gasteiger partial charge in [-0.1, -0.05) is 18.2 Å². The number of carbonyl (C=O) groups is 1. The van der Waals surface area contributed by atoms with E-state index < -0.39 is 0 Å². The van der Waals surface area contributed by atoms with Crippen LogP contribution in [0.2, 0.25) is 0 Å². The topological polar surface area (TPSA) is 55.1 Å². The molecule has 3 N–H and O–H groups in total. The molecule has 2 rings (SSSR count). The summed E-state index contributed by atoms with van der Waals surface area (Å²) in [5.41, 5.74) is 10.1. The van der Waals surface area contributed by atoms with Crippen molar-refractivity contribution in [3.05, 3.63) is 53.6 Å². The van der Waals surface area contributed by atoms with E-state index in [0.29, 0.717) is 11.3 Å². The molecule has 0 bridgehead atoms. The van der Waals surface area contributed by atoms with E-state index in [4.69, 9.17) is 5.73 Å². The Labute approximate surface area is 107 Å². The number of ketones is 1. The number of nitrogen functional groups attached to an aromatic ring is 1. The fourth-order valence-electron chi connectivity index (χ4n) is 1.75. The van der Waals surface area contributed by atoms with E-state index in [-0.39, 0.29) is 5.78 Å². The summed E-state index contributed by atoms with van der Waals surface area (Å²) in [6.45, 7) is 3.57. The monoisotopic (exact) mass is 240 g/mol. The van der Waals surface area contributed by atoms with Crippen LogP contribution in [0.1, 0.15) is 22.8 Å². The largest absolute Gasteiger partial charge is 0.397 e. The first kappa shape index (κ1) is 12.2. The van der Waals surface area contributed by atoms with Gasteiger partial charge < -0.3 is 11.1 Å². The maximum Gasteiger partial charge on any atom is 0.159 e. The van der Waals surface area contributed by atoms with Gasteiger partial charge in [0.15, 0.2) is 5.78 Å². The second-order valence-corrected chi connectivity index (χ2v) is 4.35. The van der Waals surface area contributed by atoms with Crippen LogP contribution in [0.15, 0.2) is 42.5 Å². The van der Waals surface area contributed by atoms with Gasteiger partial charge in [0, 0.05) is 11.3 Å². The highest BCUT2D eigenvalue weighted by Crippen LogP contribution is 2.24. The Morgan fingerprint density at radius 2 is 1.94 bits per heavy atom. The molecule has 0 unspecified atom stereocenters. The predicted octanol–water partition coefficient (Wildman–Crippen LogP) is 3.52. The van der Waals surface area contributed by atoms with Crippen molar-refractivity contribution in [1.29, 1.82) is 0 Å². The first-order chi connectivity index (χ1) is 8.56. The zero-order valence-corrected chi connectivity index (χ0v) is 10.5. The molecular formula is C15H16N2O. The van der Waals surface area contributed by atoms with E-state index >= 15 is 0 Å². The second-order valence-electron chi connectivity index (χ2n) is 4.35. The van der Waals surface area contributed by atoms with Gasteiger partial charge in [-0.15, -0.1) is 0 Å². The molecule has 3 nitrogen and oxygen atoms in total. The van der Waals surface area contributed by atoms with Crippen LogP contribution < -0.4 is 11.1 Å². The highest BCUT2D eigenvalue weighted by molar-refractivity contribution is 5.95. The van der Waals surface area contributed by atoms with Crippen LogP contribution in [0.4, 0.5) is 17.1 Å². The number of aryl methyl sites for hydroxylation is 1. The van der Waals surface area contributed by atoms with Gasteiger partial charge in [-0.05, 0) is 43.7 Å². The third-order valence-electron chi connectivity index (χ3n) is 2.76. The third kappa shape index (κ3) is 2.69. The van der Waals surface area contributed by atoms with Crippen LogP contribution >= 0.6 is 0 Å². The van der Waals surface area contributed by atoms with Crippen molar-refractivity contribution in [1.82, 2.24) is 0 Å². The Kier molecular flexibility index (Phi) is 3.33.